The van der Waals surface area contributed by atoms with Crippen LogP contribution in [0.4, 0.5) is 5.69 Å². The summed E-state index contributed by atoms with van der Waals surface area (Å²) in [7, 11) is 3.29. The van der Waals surface area contributed by atoms with Gasteiger partial charge in [0.15, 0.2) is 0 Å². The maximum atomic E-state index is 12.3. The van der Waals surface area contributed by atoms with Crippen LogP contribution >= 0.6 is 0 Å². The highest BCUT2D eigenvalue weighted by atomic mass is 16.5. The first-order valence-corrected chi connectivity index (χ1v) is 7.28. The molecule has 1 atom stereocenters. The summed E-state index contributed by atoms with van der Waals surface area (Å²) in [5.41, 5.74) is 0.613. The van der Waals surface area contributed by atoms with Crippen molar-refractivity contribution in [3.63, 3.8) is 0 Å². The fourth-order valence-corrected chi connectivity index (χ4v) is 1.92. The van der Waals surface area contributed by atoms with Crippen molar-refractivity contribution >= 4 is 17.5 Å². The van der Waals surface area contributed by atoms with E-state index in [0.717, 1.165) is 0 Å². The van der Waals surface area contributed by atoms with E-state index in [1.165, 1.54) is 0 Å². The number of para-hydroxylation sites is 2. The van der Waals surface area contributed by atoms with E-state index in [1.807, 2.05) is 26.0 Å². The Labute approximate surface area is 131 Å². The van der Waals surface area contributed by atoms with Gasteiger partial charge < -0.3 is 15.4 Å². The Kier molecular flexibility index (Phi) is 6.85. The van der Waals surface area contributed by atoms with E-state index in [4.69, 9.17) is 4.74 Å². The molecule has 0 aliphatic carbocycles. The minimum absolute atomic E-state index is 0.0820. The fraction of sp³-hybridized carbons (Fsp3) is 0.500. The first-order chi connectivity index (χ1) is 10.3. The third-order valence-corrected chi connectivity index (χ3v) is 3.25. The molecule has 0 aliphatic rings. The third kappa shape index (κ3) is 5.37. The number of benzene rings is 1. The van der Waals surface area contributed by atoms with Crippen molar-refractivity contribution in [3.05, 3.63) is 24.3 Å². The van der Waals surface area contributed by atoms with Crippen LogP contribution in [0.3, 0.4) is 0 Å². The smallest absolute Gasteiger partial charge is 0.241 e. The number of anilines is 1. The Bertz CT molecular complexity index is 517. The lowest BCUT2D eigenvalue weighted by atomic mass is 10.2. The van der Waals surface area contributed by atoms with E-state index in [0.29, 0.717) is 11.4 Å². The molecule has 2 amide bonds. The number of hydrogen-bond acceptors (Lipinski definition) is 4. The summed E-state index contributed by atoms with van der Waals surface area (Å²) in [5.74, 6) is 0.307. The van der Waals surface area contributed by atoms with Gasteiger partial charge in [-0.25, -0.2) is 0 Å². The largest absolute Gasteiger partial charge is 0.495 e. The zero-order valence-corrected chi connectivity index (χ0v) is 13.8. The molecular formula is C16H25N3O3. The molecule has 1 aromatic carbocycles. The van der Waals surface area contributed by atoms with E-state index in [-0.39, 0.29) is 24.4 Å². The molecule has 2 N–H and O–H groups in total. The Morgan fingerprint density at radius 3 is 2.45 bits per heavy atom. The average Bonchev–Trinajstić information content (AvgIpc) is 2.45. The summed E-state index contributed by atoms with van der Waals surface area (Å²) in [6.45, 7) is 5.72. The van der Waals surface area contributed by atoms with Crippen LogP contribution in [0.1, 0.15) is 20.8 Å². The minimum Gasteiger partial charge on any atom is -0.495 e. The normalized spacial score (nSPS) is 12.1. The van der Waals surface area contributed by atoms with Gasteiger partial charge in [0.25, 0.3) is 0 Å². The molecule has 0 bridgehead atoms. The van der Waals surface area contributed by atoms with E-state index in [9.17, 15) is 9.59 Å². The molecule has 0 aromatic heterocycles. The number of methoxy groups -OCH3 is 1. The number of hydrogen-bond donors (Lipinski definition) is 2. The first kappa shape index (κ1) is 18.0. The van der Waals surface area contributed by atoms with Gasteiger partial charge in [-0.1, -0.05) is 12.1 Å². The molecule has 0 saturated heterocycles. The summed E-state index contributed by atoms with van der Waals surface area (Å²) in [6, 6.07) is 6.85. The number of nitrogens with one attached hydrogen (secondary N) is 2. The van der Waals surface area contributed by atoms with Crippen LogP contribution in [-0.4, -0.2) is 49.5 Å². The van der Waals surface area contributed by atoms with E-state index >= 15 is 0 Å². The van der Waals surface area contributed by atoms with Gasteiger partial charge in [0.1, 0.15) is 5.75 Å². The second kappa shape index (κ2) is 8.38. The van der Waals surface area contributed by atoms with Gasteiger partial charge in [0.2, 0.25) is 11.8 Å². The van der Waals surface area contributed by atoms with Crippen LogP contribution < -0.4 is 15.4 Å². The molecule has 0 radical (unpaired) electrons. The lowest BCUT2D eigenvalue weighted by Gasteiger charge is -2.24. The maximum absolute atomic E-state index is 12.3. The predicted octanol–water partition coefficient (Wildman–Crippen LogP) is 1.48. The van der Waals surface area contributed by atoms with Gasteiger partial charge in [0, 0.05) is 6.04 Å². The summed E-state index contributed by atoms with van der Waals surface area (Å²) >= 11 is 0. The maximum Gasteiger partial charge on any atom is 0.241 e. The van der Waals surface area contributed by atoms with Crippen LogP contribution in [0.5, 0.6) is 5.75 Å². The number of likely N-dealkylation sites (N-methyl/N-ethyl adjacent to an activating group) is 1. The Morgan fingerprint density at radius 2 is 1.86 bits per heavy atom. The van der Waals surface area contributed by atoms with Crippen molar-refractivity contribution in [1.29, 1.82) is 0 Å². The van der Waals surface area contributed by atoms with E-state index in [1.54, 1.807) is 38.1 Å². The molecule has 122 valence electrons. The lowest BCUT2D eigenvalue weighted by Crippen LogP contribution is -2.46. The molecule has 0 heterocycles. The van der Waals surface area contributed by atoms with Crippen LogP contribution in [-0.2, 0) is 9.59 Å². The molecule has 6 heteroatoms. The number of carbonyl (C=O) groups excluding carboxylic acids is 2. The Balaban J connectivity index is 2.62. The molecule has 0 saturated carbocycles. The number of nitrogens with zero attached hydrogens (tertiary/aromatic N) is 1. The zero-order valence-electron chi connectivity index (χ0n) is 13.8. The number of carbonyl (C=O) groups is 2. The van der Waals surface area contributed by atoms with Crippen molar-refractivity contribution < 1.29 is 14.3 Å². The van der Waals surface area contributed by atoms with E-state index in [2.05, 4.69) is 10.6 Å². The second-order valence-corrected chi connectivity index (χ2v) is 5.50. The van der Waals surface area contributed by atoms with Gasteiger partial charge in [-0.2, -0.15) is 0 Å². The van der Waals surface area contributed by atoms with E-state index < -0.39 is 6.04 Å². The second-order valence-electron chi connectivity index (χ2n) is 5.50. The fourth-order valence-electron chi connectivity index (χ4n) is 1.92. The molecule has 0 unspecified atom stereocenters. The molecule has 1 rings (SSSR count). The van der Waals surface area contributed by atoms with Crippen LogP contribution in [0.2, 0.25) is 0 Å². The quantitative estimate of drug-likeness (QED) is 0.800. The summed E-state index contributed by atoms with van der Waals surface area (Å²) in [5, 5.41) is 5.62. The van der Waals surface area contributed by atoms with Gasteiger partial charge >= 0.3 is 0 Å². The van der Waals surface area contributed by atoms with Crippen LogP contribution in [0, 0.1) is 0 Å². The number of amides is 2. The van der Waals surface area contributed by atoms with Gasteiger partial charge in [-0.05, 0) is 40.0 Å². The van der Waals surface area contributed by atoms with Crippen LogP contribution in [0.15, 0.2) is 24.3 Å². The molecule has 22 heavy (non-hydrogen) atoms. The Morgan fingerprint density at radius 1 is 1.23 bits per heavy atom. The van der Waals surface area contributed by atoms with Crippen molar-refractivity contribution in [3.8, 4) is 5.75 Å². The Hall–Kier alpha value is -2.08. The molecule has 0 fully saturated rings. The topological polar surface area (TPSA) is 70.7 Å². The molecular weight excluding hydrogens is 282 g/mol. The molecule has 6 nitrogen and oxygen atoms in total. The van der Waals surface area contributed by atoms with Crippen molar-refractivity contribution in [2.45, 2.75) is 32.9 Å². The standard InChI is InChI=1S/C16H25N3O3/c1-11(2)17-15(20)10-19(4)12(3)16(21)18-13-8-6-7-9-14(13)22-5/h6-9,11-12H,10H2,1-5H3,(H,17,20)(H,18,21)/t12-/m0/s1. The monoisotopic (exact) mass is 307 g/mol. The number of rotatable bonds is 7. The third-order valence-electron chi connectivity index (χ3n) is 3.25. The van der Waals surface area contributed by atoms with Crippen molar-refractivity contribution in [2.24, 2.45) is 0 Å². The highest BCUT2D eigenvalue weighted by molar-refractivity contribution is 5.96. The predicted molar refractivity (Wildman–Crippen MR) is 87.0 cm³/mol. The summed E-state index contributed by atoms with van der Waals surface area (Å²) in [6.07, 6.45) is 0. The summed E-state index contributed by atoms with van der Waals surface area (Å²) in [4.78, 5) is 25.7. The number of ether oxygens (including phenoxy) is 1. The molecule has 0 spiro atoms. The first-order valence-electron chi connectivity index (χ1n) is 7.28. The average molecular weight is 307 g/mol. The zero-order chi connectivity index (χ0) is 16.7. The van der Waals surface area contributed by atoms with Gasteiger partial charge in [-0.3, -0.25) is 14.5 Å². The highest BCUT2D eigenvalue weighted by Crippen LogP contribution is 2.23. The van der Waals surface area contributed by atoms with Gasteiger partial charge in [-0.15, -0.1) is 0 Å². The summed E-state index contributed by atoms with van der Waals surface area (Å²) < 4.78 is 5.20. The minimum atomic E-state index is -0.442. The molecule has 0 aliphatic heterocycles. The van der Waals surface area contributed by atoms with Gasteiger partial charge in [0.05, 0.1) is 25.4 Å². The van der Waals surface area contributed by atoms with Crippen molar-refractivity contribution in [2.75, 3.05) is 26.0 Å². The molecule has 1 aromatic rings. The van der Waals surface area contributed by atoms with Crippen LogP contribution in [0.25, 0.3) is 0 Å². The highest BCUT2D eigenvalue weighted by Gasteiger charge is 2.21. The lowest BCUT2D eigenvalue weighted by molar-refractivity contribution is -0.125. The SMILES string of the molecule is COc1ccccc1NC(=O)[C@H](C)N(C)CC(=O)NC(C)C. The van der Waals surface area contributed by atoms with Crippen molar-refractivity contribution in [1.82, 2.24) is 10.2 Å².